The first-order chi connectivity index (χ1) is 17.0. The number of nitrogens with zero attached hydrogens (tertiary/aromatic N) is 2. The van der Waals surface area contributed by atoms with Crippen LogP contribution in [0, 0.1) is 12.7 Å². The molecule has 0 bridgehead atoms. The van der Waals surface area contributed by atoms with Crippen molar-refractivity contribution in [1.82, 2.24) is 9.80 Å². The second kappa shape index (κ2) is 12.1. The summed E-state index contributed by atoms with van der Waals surface area (Å²) < 4.78 is 19.2. The van der Waals surface area contributed by atoms with Crippen molar-refractivity contribution in [2.45, 2.75) is 45.4 Å². The van der Waals surface area contributed by atoms with Gasteiger partial charge in [0.15, 0.2) is 0 Å². The summed E-state index contributed by atoms with van der Waals surface area (Å²) in [6.07, 6.45) is 2.04. The summed E-state index contributed by atoms with van der Waals surface area (Å²) in [6.45, 7) is 3.89. The van der Waals surface area contributed by atoms with Crippen molar-refractivity contribution in [3.05, 3.63) is 93.4 Å². The van der Waals surface area contributed by atoms with E-state index in [0.717, 1.165) is 34.4 Å². The molecule has 5 nitrogen and oxygen atoms in total. The minimum Gasteiger partial charge on any atom is -0.376 e. The van der Waals surface area contributed by atoms with Gasteiger partial charge in [0.05, 0.1) is 25.6 Å². The standard InChI is InChI=1S/C28H31FN2O3S/c1-21-13-15-35-26(21)19-30(17-23-9-11-24(29)12-10-23)28(33)20-31(18-25-8-5-14-34-25)27(32)16-22-6-3-2-4-7-22/h2-4,6-7,9-13,15,25H,5,8,14,16-20H2,1H3. The average Bonchev–Trinajstić information content (AvgIpc) is 3.52. The first kappa shape index (κ1) is 25.1. The molecule has 1 atom stereocenters. The first-order valence-electron chi connectivity index (χ1n) is 12.0. The van der Waals surface area contributed by atoms with Crippen LogP contribution < -0.4 is 0 Å². The fraction of sp³-hybridized carbons (Fsp3) is 0.357. The van der Waals surface area contributed by atoms with Gasteiger partial charge in [-0.15, -0.1) is 11.3 Å². The van der Waals surface area contributed by atoms with Gasteiger partial charge in [-0.25, -0.2) is 4.39 Å². The number of halogens is 1. The fourth-order valence-corrected chi connectivity index (χ4v) is 5.14. The van der Waals surface area contributed by atoms with Gasteiger partial charge < -0.3 is 14.5 Å². The van der Waals surface area contributed by atoms with Crippen molar-refractivity contribution >= 4 is 23.2 Å². The number of carbonyl (C=O) groups excluding carboxylic acids is 2. The minimum atomic E-state index is -0.310. The molecule has 184 valence electrons. The van der Waals surface area contributed by atoms with Gasteiger partial charge in [0, 0.05) is 24.6 Å². The lowest BCUT2D eigenvalue weighted by atomic mass is 10.1. The Hall–Kier alpha value is -3.03. The lowest BCUT2D eigenvalue weighted by Crippen LogP contribution is -2.45. The molecule has 0 radical (unpaired) electrons. The summed E-state index contributed by atoms with van der Waals surface area (Å²) in [6, 6.07) is 17.8. The normalized spacial score (nSPS) is 15.2. The van der Waals surface area contributed by atoms with Gasteiger partial charge in [-0.2, -0.15) is 0 Å². The number of amides is 2. The molecule has 1 saturated heterocycles. The zero-order valence-electron chi connectivity index (χ0n) is 20.0. The van der Waals surface area contributed by atoms with Gasteiger partial charge in [0.1, 0.15) is 5.82 Å². The van der Waals surface area contributed by atoms with Crippen LogP contribution in [-0.2, 0) is 33.8 Å². The van der Waals surface area contributed by atoms with Gasteiger partial charge in [-0.05, 0) is 60.0 Å². The zero-order chi connectivity index (χ0) is 24.6. The summed E-state index contributed by atoms with van der Waals surface area (Å²) in [4.78, 5) is 31.4. The molecule has 1 aromatic heterocycles. The SMILES string of the molecule is Cc1ccsc1CN(Cc1ccc(F)cc1)C(=O)CN(CC1CCCO1)C(=O)Cc1ccccc1. The minimum absolute atomic E-state index is 0.0167. The van der Waals surface area contributed by atoms with E-state index in [0.29, 0.717) is 26.2 Å². The third-order valence-corrected chi connectivity index (χ3v) is 7.27. The van der Waals surface area contributed by atoms with Crippen LogP contribution in [0.2, 0.25) is 0 Å². The summed E-state index contributed by atoms with van der Waals surface area (Å²) in [5, 5.41) is 2.01. The van der Waals surface area contributed by atoms with E-state index in [4.69, 9.17) is 4.74 Å². The Morgan fingerprint density at radius 1 is 0.971 bits per heavy atom. The fourth-order valence-electron chi connectivity index (χ4n) is 4.22. The van der Waals surface area contributed by atoms with Crippen molar-refractivity contribution in [2.75, 3.05) is 19.7 Å². The molecule has 7 heteroatoms. The van der Waals surface area contributed by atoms with Crippen molar-refractivity contribution in [3.8, 4) is 0 Å². The maximum Gasteiger partial charge on any atom is 0.242 e. The van der Waals surface area contributed by atoms with Crippen molar-refractivity contribution in [1.29, 1.82) is 0 Å². The number of rotatable bonds is 10. The monoisotopic (exact) mass is 494 g/mol. The number of thiophene rings is 1. The van der Waals surface area contributed by atoms with E-state index in [1.807, 2.05) is 48.7 Å². The first-order valence-corrected chi connectivity index (χ1v) is 12.8. The van der Waals surface area contributed by atoms with Crippen molar-refractivity contribution < 1.29 is 18.7 Å². The highest BCUT2D eigenvalue weighted by Crippen LogP contribution is 2.21. The Balaban J connectivity index is 1.52. The molecule has 0 spiro atoms. The summed E-state index contributed by atoms with van der Waals surface area (Å²) in [7, 11) is 0. The highest BCUT2D eigenvalue weighted by Gasteiger charge is 2.27. The molecular weight excluding hydrogens is 463 g/mol. The van der Waals surface area contributed by atoms with Crippen LogP contribution >= 0.6 is 11.3 Å². The summed E-state index contributed by atoms with van der Waals surface area (Å²) in [5.41, 5.74) is 2.89. The largest absolute Gasteiger partial charge is 0.376 e. The highest BCUT2D eigenvalue weighted by molar-refractivity contribution is 7.10. The van der Waals surface area contributed by atoms with E-state index in [9.17, 15) is 14.0 Å². The summed E-state index contributed by atoms with van der Waals surface area (Å²) >= 11 is 1.61. The van der Waals surface area contributed by atoms with E-state index >= 15 is 0 Å². The Bertz CT molecular complexity index is 1110. The van der Waals surface area contributed by atoms with E-state index in [1.165, 1.54) is 12.1 Å². The molecule has 35 heavy (non-hydrogen) atoms. The lowest BCUT2D eigenvalue weighted by molar-refractivity contribution is -0.142. The predicted molar refractivity (Wildman–Crippen MR) is 135 cm³/mol. The predicted octanol–water partition coefficient (Wildman–Crippen LogP) is 4.97. The number of carbonyl (C=O) groups is 2. The number of ether oxygens (including phenoxy) is 1. The molecular formula is C28H31FN2O3S. The van der Waals surface area contributed by atoms with Gasteiger partial charge in [0.2, 0.25) is 11.8 Å². The molecule has 1 aliphatic rings. The molecule has 1 aliphatic heterocycles. The molecule has 1 fully saturated rings. The number of benzene rings is 2. The molecule has 0 aliphatic carbocycles. The van der Waals surface area contributed by atoms with E-state index in [1.54, 1.807) is 33.3 Å². The molecule has 2 heterocycles. The number of hydrogen-bond acceptors (Lipinski definition) is 4. The van der Waals surface area contributed by atoms with Crippen molar-refractivity contribution in [3.63, 3.8) is 0 Å². The van der Waals surface area contributed by atoms with Gasteiger partial charge >= 0.3 is 0 Å². The maximum atomic E-state index is 13.6. The number of hydrogen-bond donors (Lipinski definition) is 0. The average molecular weight is 495 g/mol. The quantitative estimate of drug-likeness (QED) is 0.400. The second-order valence-electron chi connectivity index (χ2n) is 8.97. The molecule has 1 unspecified atom stereocenters. The van der Waals surface area contributed by atoms with Crippen molar-refractivity contribution in [2.24, 2.45) is 0 Å². The van der Waals surface area contributed by atoms with Crippen LogP contribution in [0.5, 0.6) is 0 Å². The van der Waals surface area contributed by atoms with Crippen LogP contribution in [0.1, 0.15) is 34.4 Å². The van der Waals surface area contributed by atoms with E-state index in [-0.39, 0.29) is 36.7 Å². The molecule has 0 N–H and O–H groups in total. The smallest absolute Gasteiger partial charge is 0.242 e. The Kier molecular flexibility index (Phi) is 8.66. The van der Waals surface area contributed by atoms with Crippen LogP contribution in [0.25, 0.3) is 0 Å². The Morgan fingerprint density at radius 2 is 1.74 bits per heavy atom. The van der Waals surface area contributed by atoms with Crippen LogP contribution in [0.4, 0.5) is 4.39 Å². The molecule has 4 rings (SSSR count). The van der Waals surface area contributed by atoms with Crippen LogP contribution in [0.15, 0.2) is 66.0 Å². The van der Waals surface area contributed by atoms with Gasteiger partial charge in [-0.1, -0.05) is 42.5 Å². The Labute approximate surface area is 210 Å². The van der Waals surface area contributed by atoms with Crippen LogP contribution in [-0.4, -0.2) is 47.4 Å². The third-order valence-electron chi connectivity index (χ3n) is 6.27. The lowest BCUT2D eigenvalue weighted by Gasteiger charge is -2.29. The molecule has 0 saturated carbocycles. The van der Waals surface area contributed by atoms with Gasteiger partial charge in [0.25, 0.3) is 0 Å². The van der Waals surface area contributed by atoms with E-state index < -0.39 is 0 Å². The molecule has 3 aromatic rings. The van der Waals surface area contributed by atoms with E-state index in [2.05, 4.69) is 0 Å². The van der Waals surface area contributed by atoms with Crippen LogP contribution in [0.3, 0.4) is 0 Å². The molecule has 2 amide bonds. The topological polar surface area (TPSA) is 49.9 Å². The second-order valence-corrected chi connectivity index (χ2v) is 9.98. The maximum absolute atomic E-state index is 13.6. The third kappa shape index (κ3) is 7.23. The summed E-state index contributed by atoms with van der Waals surface area (Å²) in [5.74, 6) is -0.536. The number of aryl methyl sites for hydroxylation is 1. The zero-order valence-corrected chi connectivity index (χ0v) is 20.8. The molecule has 2 aromatic carbocycles. The Morgan fingerprint density at radius 3 is 2.40 bits per heavy atom. The highest BCUT2D eigenvalue weighted by atomic mass is 32.1. The van der Waals surface area contributed by atoms with Gasteiger partial charge in [-0.3, -0.25) is 9.59 Å².